The first-order valence-corrected chi connectivity index (χ1v) is 9.08. The van der Waals surface area contributed by atoms with Gasteiger partial charge in [-0.15, -0.1) is 0 Å². The standard InChI is InChI=1S/C22H28O3/c1-16-13-14-20(21(2,3)23)22(24,15-16)18-11-7-8-12-19(18)25-17-9-5-4-6-10-17/h4-12,16,20,23-24H,13-15H2,1-3H3. The van der Waals surface area contributed by atoms with E-state index in [1.807, 2.05) is 54.6 Å². The third-order valence-electron chi connectivity index (χ3n) is 5.36. The molecule has 1 aliphatic carbocycles. The van der Waals surface area contributed by atoms with Crippen molar-refractivity contribution in [3.05, 3.63) is 60.2 Å². The van der Waals surface area contributed by atoms with Crippen molar-refractivity contribution >= 4 is 0 Å². The van der Waals surface area contributed by atoms with Crippen molar-refractivity contribution in [2.24, 2.45) is 11.8 Å². The summed E-state index contributed by atoms with van der Waals surface area (Å²) in [5, 5.41) is 22.4. The minimum absolute atomic E-state index is 0.239. The molecule has 3 unspecified atom stereocenters. The van der Waals surface area contributed by atoms with E-state index in [2.05, 4.69) is 6.92 Å². The van der Waals surface area contributed by atoms with Gasteiger partial charge in [0.2, 0.25) is 0 Å². The second kappa shape index (κ2) is 6.81. The fourth-order valence-electron chi connectivity index (χ4n) is 4.23. The highest BCUT2D eigenvalue weighted by atomic mass is 16.5. The van der Waals surface area contributed by atoms with E-state index < -0.39 is 11.2 Å². The second-order valence-electron chi connectivity index (χ2n) is 7.93. The van der Waals surface area contributed by atoms with Gasteiger partial charge in [0.15, 0.2) is 0 Å². The Kier molecular flexibility index (Phi) is 4.90. The Labute approximate surface area is 150 Å². The molecular formula is C22H28O3. The summed E-state index contributed by atoms with van der Waals surface area (Å²) in [4.78, 5) is 0. The molecule has 0 heterocycles. The maximum Gasteiger partial charge on any atom is 0.133 e. The molecule has 2 aromatic carbocycles. The van der Waals surface area contributed by atoms with Gasteiger partial charge in [0.25, 0.3) is 0 Å². The molecule has 0 spiro atoms. The van der Waals surface area contributed by atoms with Crippen LogP contribution in [0.2, 0.25) is 0 Å². The molecule has 3 atom stereocenters. The van der Waals surface area contributed by atoms with E-state index in [0.717, 1.165) is 24.2 Å². The first kappa shape index (κ1) is 18.0. The van der Waals surface area contributed by atoms with Gasteiger partial charge in [-0.25, -0.2) is 0 Å². The van der Waals surface area contributed by atoms with Gasteiger partial charge < -0.3 is 14.9 Å². The van der Waals surface area contributed by atoms with E-state index in [0.29, 0.717) is 18.1 Å². The minimum atomic E-state index is -1.11. The van der Waals surface area contributed by atoms with Gasteiger partial charge in [-0.05, 0) is 50.8 Å². The zero-order chi connectivity index (χ0) is 18.1. The highest BCUT2D eigenvalue weighted by Gasteiger charge is 2.50. The number of hydrogen-bond acceptors (Lipinski definition) is 3. The molecule has 1 fully saturated rings. The Hall–Kier alpha value is -1.84. The van der Waals surface area contributed by atoms with Gasteiger partial charge >= 0.3 is 0 Å². The SMILES string of the molecule is CC1CCC(C(C)(C)O)C(O)(c2ccccc2Oc2ccccc2)C1. The fraction of sp³-hybridized carbons (Fsp3) is 0.455. The van der Waals surface area contributed by atoms with Crippen LogP contribution in [0.4, 0.5) is 0 Å². The molecule has 2 aromatic rings. The minimum Gasteiger partial charge on any atom is -0.457 e. The molecule has 3 heteroatoms. The van der Waals surface area contributed by atoms with Crippen molar-refractivity contribution < 1.29 is 14.9 Å². The van der Waals surface area contributed by atoms with Gasteiger partial charge in [-0.3, -0.25) is 0 Å². The first-order valence-electron chi connectivity index (χ1n) is 9.08. The predicted molar refractivity (Wildman–Crippen MR) is 99.7 cm³/mol. The van der Waals surface area contributed by atoms with E-state index in [-0.39, 0.29) is 5.92 Å². The lowest BCUT2D eigenvalue weighted by molar-refractivity contribution is -0.146. The largest absolute Gasteiger partial charge is 0.457 e. The Morgan fingerprint density at radius 3 is 2.32 bits per heavy atom. The average Bonchev–Trinajstić information content (AvgIpc) is 2.55. The molecule has 0 aliphatic heterocycles. The van der Waals surface area contributed by atoms with E-state index in [1.54, 1.807) is 13.8 Å². The quantitative estimate of drug-likeness (QED) is 0.834. The van der Waals surface area contributed by atoms with Gasteiger partial charge in [-0.2, -0.15) is 0 Å². The van der Waals surface area contributed by atoms with Crippen LogP contribution in [0.1, 0.15) is 45.6 Å². The average molecular weight is 340 g/mol. The number of benzene rings is 2. The van der Waals surface area contributed by atoms with E-state index in [4.69, 9.17) is 4.74 Å². The monoisotopic (exact) mass is 340 g/mol. The van der Waals surface area contributed by atoms with Crippen LogP contribution in [0.25, 0.3) is 0 Å². The molecule has 1 saturated carbocycles. The lowest BCUT2D eigenvalue weighted by atomic mass is 9.63. The number of para-hydroxylation sites is 2. The Morgan fingerprint density at radius 1 is 1.00 bits per heavy atom. The molecule has 0 saturated heterocycles. The highest BCUT2D eigenvalue weighted by molar-refractivity contribution is 5.42. The highest BCUT2D eigenvalue weighted by Crippen LogP contribution is 2.51. The fourth-order valence-corrected chi connectivity index (χ4v) is 4.23. The van der Waals surface area contributed by atoms with E-state index in [1.165, 1.54) is 0 Å². The summed E-state index contributed by atoms with van der Waals surface area (Å²) >= 11 is 0. The van der Waals surface area contributed by atoms with Crippen LogP contribution in [0.3, 0.4) is 0 Å². The van der Waals surface area contributed by atoms with E-state index in [9.17, 15) is 10.2 Å². The summed E-state index contributed by atoms with van der Waals surface area (Å²) < 4.78 is 6.08. The maximum absolute atomic E-state index is 11.7. The zero-order valence-corrected chi connectivity index (χ0v) is 15.3. The topological polar surface area (TPSA) is 49.7 Å². The first-order chi connectivity index (χ1) is 11.8. The van der Waals surface area contributed by atoms with Crippen LogP contribution in [-0.4, -0.2) is 15.8 Å². The van der Waals surface area contributed by atoms with Crippen LogP contribution in [0.15, 0.2) is 54.6 Å². The summed E-state index contributed by atoms with van der Waals surface area (Å²) in [5.41, 5.74) is -1.31. The second-order valence-corrected chi connectivity index (χ2v) is 7.93. The normalized spacial score (nSPS) is 27.1. The summed E-state index contributed by atoms with van der Waals surface area (Å²) in [7, 11) is 0. The summed E-state index contributed by atoms with van der Waals surface area (Å²) in [5.74, 6) is 1.55. The molecule has 134 valence electrons. The smallest absolute Gasteiger partial charge is 0.133 e. The zero-order valence-electron chi connectivity index (χ0n) is 15.3. The number of hydrogen-bond donors (Lipinski definition) is 2. The van der Waals surface area contributed by atoms with Gasteiger partial charge in [-0.1, -0.05) is 49.7 Å². The lowest BCUT2D eigenvalue weighted by Crippen LogP contribution is -2.50. The molecule has 0 aromatic heterocycles. The van der Waals surface area contributed by atoms with Crippen LogP contribution >= 0.6 is 0 Å². The van der Waals surface area contributed by atoms with Crippen molar-refractivity contribution in [1.82, 2.24) is 0 Å². The van der Waals surface area contributed by atoms with Crippen molar-refractivity contribution in [1.29, 1.82) is 0 Å². The van der Waals surface area contributed by atoms with Crippen molar-refractivity contribution in [2.75, 3.05) is 0 Å². The number of aliphatic hydroxyl groups is 2. The summed E-state index contributed by atoms with van der Waals surface area (Å²) in [6, 6.07) is 17.2. The van der Waals surface area contributed by atoms with Crippen molar-refractivity contribution in [3.8, 4) is 11.5 Å². The lowest BCUT2D eigenvalue weighted by Gasteiger charge is -2.48. The van der Waals surface area contributed by atoms with Crippen molar-refractivity contribution in [3.63, 3.8) is 0 Å². The molecule has 0 radical (unpaired) electrons. The Morgan fingerprint density at radius 2 is 1.64 bits per heavy atom. The van der Waals surface area contributed by atoms with Gasteiger partial charge in [0, 0.05) is 11.5 Å². The van der Waals surface area contributed by atoms with Gasteiger partial charge in [0.1, 0.15) is 11.5 Å². The molecule has 0 bridgehead atoms. The van der Waals surface area contributed by atoms with Crippen molar-refractivity contribution in [2.45, 2.75) is 51.2 Å². The maximum atomic E-state index is 11.7. The molecule has 2 N–H and O–H groups in total. The van der Waals surface area contributed by atoms with Crippen LogP contribution in [0.5, 0.6) is 11.5 Å². The molecule has 1 aliphatic rings. The molecular weight excluding hydrogens is 312 g/mol. The molecule has 3 nitrogen and oxygen atoms in total. The third-order valence-corrected chi connectivity index (χ3v) is 5.36. The van der Waals surface area contributed by atoms with E-state index >= 15 is 0 Å². The number of ether oxygens (including phenoxy) is 1. The Bertz CT molecular complexity index is 705. The molecule has 25 heavy (non-hydrogen) atoms. The number of rotatable bonds is 4. The van der Waals surface area contributed by atoms with Crippen LogP contribution < -0.4 is 4.74 Å². The molecule has 3 rings (SSSR count). The van der Waals surface area contributed by atoms with Crippen LogP contribution in [0, 0.1) is 11.8 Å². The Balaban J connectivity index is 2.03. The van der Waals surface area contributed by atoms with Gasteiger partial charge in [0.05, 0.1) is 11.2 Å². The molecule has 0 amide bonds. The third kappa shape index (κ3) is 3.73. The summed E-state index contributed by atoms with van der Waals surface area (Å²) in [6.45, 7) is 5.74. The summed E-state index contributed by atoms with van der Waals surface area (Å²) in [6.07, 6.45) is 2.43. The predicted octanol–water partition coefficient (Wildman–Crippen LogP) is 4.87. The van der Waals surface area contributed by atoms with Crippen LogP contribution in [-0.2, 0) is 5.60 Å².